The Morgan fingerprint density at radius 2 is 1.29 bits per heavy atom. The van der Waals surface area contributed by atoms with Crippen LogP contribution in [0.5, 0.6) is 11.5 Å². The number of ether oxygens (including phenoxy) is 1. The molecule has 1 aliphatic rings. The number of hydrogen-bond acceptors (Lipinski definition) is 1. The Kier molecular flexibility index (Phi) is 5.66. The zero-order chi connectivity index (χ0) is 24.9. The average Bonchev–Trinajstić information content (AvgIpc) is 2.76. The van der Waals surface area contributed by atoms with Crippen molar-refractivity contribution in [1.29, 1.82) is 0 Å². The minimum Gasteiger partial charge on any atom is -0.455 e. The van der Waals surface area contributed by atoms with Gasteiger partial charge in [-0.05, 0) is 58.4 Å². The van der Waals surface area contributed by atoms with Gasteiger partial charge in [0.25, 0.3) is 0 Å². The van der Waals surface area contributed by atoms with Crippen LogP contribution in [0, 0.1) is 24.2 Å². The summed E-state index contributed by atoms with van der Waals surface area (Å²) in [6, 6.07) is 18.9. The van der Waals surface area contributed by atoms with Crippen LogP contribution in [-0.4, -0.2) is 0 Å². The number of benzene rings is 3. The van der Waals surface area contributed by atoms with Gasteiger partial charge >= 0.3 is 0 Å². The SMILES string of the molecule is C#Cc1ccc(C#Cc2cc(C(C)(C)C)cc3c2Oc2ccc(C(C)(C)C)cc2C3(C)C)cc1. The monoisotopic (exact) mass is 446 g/mol. The maximum absolute atomic E-state index is 6.58. The molecule has 0 saturated carbocycles. The second kappa shape index (κ2) is 8.11. The van der Waals surface area contributed by atoms with Gasteiger partial charge in [0.05, 0.1) is 5.56 Å². The fourth-order valence-corrected chi connectivity index (χ4v) is 4.35. The molecule has 0 fully saturated rings. The lowest BCUT2D eigenvalue weighted by Gasteiger charge is -2.37. The third-order valence-electron chi connectivity index (χ3n) is 6.75. The smallest absolute Gasteiger partial charge is 0.147 e. The predicted molar refractivity (Wildman–Crippen MR) is 143 cm³/mol. The third-order valence-corrected chi connectivity index (χ3v) is 6.75. The van der Waals surface area contributed by atoms with Gasteiger partial charge in [-0.2, -0.15) is 0 Å². The van der Waals surface area contributed by atoms with Gasteiger partial charge in [0.15, 0.2) is 0 Å². The molecule has 4 rings (SSSR count). The van der Waals surface area contributed by atoms with Gasteiger partial charge < -0.3 is 4.74 Å². The quantitative estimate of drug-likeness (QED) is 0.317. The van der Waals surface area contributed by atoms with Crippen molar-refractivity contribution in [2.75, 3.05) is 0 Å². The van der Waals surface area contributed by atoms with Gasteiger partial charge in [-0.15, -0.1) is 6.42 Å². The topological polar surface area (TPSA) is 9.23 Å². The Bertz CT molecular complexity index is 1350. The molecule has 0 spiro atoms. The molecule has 0 aromatic heterocycles. The first kappa shape index (κ1) is 23.7. The maximum atomic E-state index is 6.58. The molecule has 0 atom stereocenters. The van der Waals surface area contributed by atoms with Gasteiger partial charge in [-0.3, -0.25) is 0 Å². The van der Waals surface area contributed by atoms with Crippen molar-refractivity contribution in [3.05, 3.63) is 93.5 Å². The molecule has 0 radical (unpaired) electrons. The summed E-state index contributed by atoms with van der Waals surface area (Å²) in [6.07, 6.45) is 5.49. The zero-order valence-electron chi connectivity index (χ0n) is 21.7. The van der Waals surface area contributed by atoms with E-state index in [1.807, 2.05) is 24.3 Å². The second-order valence-electron chi connectivity index (χ2n) is 11.8. The summed E-state index contributed by atoms with van der Waals surface area (Å²) in [6.45, 7) is 18.1. The van der Waals surface area contributed by atoms with Crippen LogP contribution in [0.3, 0.4) is 0 Å². The highest BCUT2D eigenvalue weighted by Gasteiger charge is 2.37. The van der Waals surface area contributed by atoms with Crippen LogP contribution < -0.4 is 4.74 Å². The Morgan fingerprint density at radius 3 is 1.88 bits per heavy atom. The van der Waals surface area contributed by atoms with Crippen LogP contribution in [-0.2, 0) is 16.2 Å². The largest absolute Gasteiger partial charge is 0.455 e. The molecule has 0 N–H and O–H groups in total. The highest BCUT2D eigenvalue weighted by Crippen LogP contribution is 2.51. The van der Waals surface area contributed by atoms with E-state index >= 15 is 0 Å². The zero-order valence-corrected chi connectivity index (χ0v) is 21.7. The molecule has 1 heteroatoms. The molecule has 3 aromatic carbocycles. The van der Waals surface area contributed by atoms with Gasteiger partial charge in [0.2, 0.25) is 0 Å². The molecular weight excluding hydrogens is 412 g/mol. The van der Waals surface area contributed by atoms with E-state index in [0.29, 0.717) is 0 Å². The summed E-state index contributed by atoms with van der Waals surface area (Å²) in [7, 11) is 0. The number of fused-ring (bicyclic) bond motifs is 2. The van der Waals surface area contributed by atoms with Crippen molar-refractivity contribution in [3.63, 3.8) is 0 Å². The van der Waals surface area contributed by atoms with E-state index in [9.17, 15) is 0 Å². The molecule has 3 aromatic rings. The van der Waals surface area contributed by atoms with E-state index in [4.69, 9.17) is 11.2 Å². The average molecular weight is 447 g/mol. The predicted octanol–water partition coefficient (Wildman–Crippen LogP) is 8.09. The van der Waals surface area contributed by atoms with E-state index in [-0.39, 0.29) is 16.2 Å². The molecule has 0 saturated heterocycles. The number of rotatable bonds is 0. The van der Waals surface area contributed by atoms with E-state index in [1.165, 1.54) is 22.3 Å². The summed E-state index contributed by atoms with van der Waals surface area (Å²) in [5, 5.41) is 0. The first-order valence-electron chi connectivity index (χ1n) is 11.9. The van der Waals surface area contributed by atoms with Gasteiger partial charge in [0, 0.05) is 27.7 Å². The molecule has 0 aliphatic carbocycles. The fourth-order valence-electron chi connectivity index (χ4n) is 4.35. The summed E-state index contributed by atoms with van der Waals surface area (Å²) in [4.78, 5) is 0. The van der Waals surface area contributed by atoms with Crippen LogP contribution >= 0.6 is 0 Å². The number of hydrogen-bond donors (Lipinski definition) is 0. The first-order chi connectivity index (χ1) is 15.8. The van der Waals surface area contributed by atoms with Crippen molar-refractivity contribution in [3.8, 4) is 35.7 Å². The summed E-state index contributed by atoms with van der Waals surface area (Å²) in [5.74, 6) is 11.2. The van der Waals surface area contributed by atoms with Crippen LogP contribution in [0.25, 0.3) is 0 Å². The minimum absolute atomic E-state index is 0.0104. The third kappa shape index (κ3) is 4.36. The highest BCUT2D eigenvalue weighted by atomic mass is 16.5. The van der Waals surface area contributed by atoms with Crippen molar-refractivity contribution in [2.24, 2.45) is 0 Å². The van der Waals surface area contributed by atoms with Crippen LogP contribution in [0.1, 0.15) is 94.3 Å². The van der Waals surface area contributed by atoms with Crippen molar-refractivity contribution in [2.45, 2.75) is 71.6 Å². The minimum atomic E-state index is -0.212. The Balaban J connectivity index is 1.90. The van der Waals surface area contributed by atoms with E-state index < -0.39 is 0 Å². The van der Waals surface area contributed by atoms with Crippen LogP contribution in [0.15, 0.2) is 54.6 Å². The molecule has 172 valence electrons. The van der Waals surface area contributed by atoms with Crippen molar-refractivity contribution in [1.82, 2.24) is 0 Å². The molecule has 0 bridgehead atoms. The van der Waals surface area contributed by atoms with Gasteiger partial charge in [-0.25, -0.2) is 0 Å². The first-order valence-corrected chi connectivity index (χ1v) is 11.9. The lowest BCUT2D eigenvalue weighted by molar-refractivity contribution is 0.413. The maximum Gasteiger partial charge on any atom is 0.147 e. The van der Waals surface area contributed by atoms with Crippen molar-refractivity contribution >= 4 is 0 Å². The van der Waals surface area contributed by atoms with E-state index in [2.05, 4.69) is 103 Å². The summed E-state index contributed by atoms with van der Waals surface area (Å²) < 4.78 is 6.58. The summed E-state index contributed by atoms with van der Waals surface area (Å²) in [5.41, 5.74) is 7.53. The molecule has 0 unspecified atom stereocenters. The van der Waals surface area contributed by atoms with E-state index in [0.717, 1.165) is 28.2 Å². The Morgan fingerprint density at radius 1 is 0.706 bits per heavy atom. The normalized spacial score (nSPS) is 14.1. The summed E-state index contributed by atoms with van der Waals surface area (Å²) >= 11 is 0. The van der Waals surface area contributed by atoms with Crippen LogP contribution in [0.4, 0.5) is 0 Å². The molecule has 0 amide bonds. The van der Waals surface area contributed by atoms with Gasteiger partial charge in [0.1, 0.15) is 11.5 Å². The van der Waals surface area contributed by atoms with Crippen LogP contribution in [0.2, 0.25) is 0 Å². The molecule has 34 heavy (non-hydrogen) atoms. The second-order valence-corrected chi connectivity index (χ2v) is 11.8. The lowest BCUT2D eigenvalue weighted by Crippen LogP contribution is -2.27. The molecular formula is C33H34O. The standard InChI is InChI=1S/C33H34O/c1-10-22-11-13-23(14-12-22)15-16-24-19-26(32(5,6)7)21-28-30(24)34-29-18-17-25(31(2,3)4)20-27(29)33(28,8)9/h1,11-14,17-21H,2-9H3. The van der Waals surface area contributed by atoms with E-state index in [1.54, 1.807) is 0 Å². The fraction of sp³-hybridized carbons (Fsp3) is 0.333. The Labute approximate surface area is 205 Å². The Hall–Kier alpha value is -3.42. The molecule has 1 nitrogen and oxygen atoms in total. The van der Waals surface area contributed by atoms with Gasteiger partial charge in [-0.1, -0.05) is 91.4 Å². The molecule has 1 heterocycles. The van der Waals surface area contributed by atoms with Crippen molar-refractivity contribution < 1.29 is 4.74 Å². The molecule has 1 aliphatic heterocycles. The number of terminal acetylenes is 1. The highest BCUT2D eigenvalue weighted by molar-refractivity contribution is 5.65. The lowest BCUT2D eigenvalue weighted by atomic mass is 9.71.